The molecule has 2 aromatic rings. The van der Waals surface area contributed by atoms with Crippen molar-refractivity contribution in [2.45, 2.75) is 69.7 Å². The Bertz CT molecular complexity index is 1010. The van der Waals surface area contributed by atoms with E-state index >= 15 is 0 Å². The van der Waals surface area contributed by atoms with Crippen LogP contribution in [0.3, 0.4) is 0 Å². The highest BCUT2D eigenvalue weighted by Crippen LogP contribution is 2.33. The average molecular weight is 414 g/mol. The Balaban J connectivity index is 1.31. The summed E-state index contributed by atoms with van der Waals surface area (Å²) >= 11 is 0. The van der Waals surface area contributed by atoms with Crippen LogP contribution in [0.1, 0.15) is 54.7 Å². The average Bonchev–Trinajstić information content (AvgIpc) is 3.31. The number of imidazole rings is 1. The molecule has 0 N–H and O–H groups in total. The second-order valence-corrected chi connectivity index (χ2v) is 11.2. The van der Waals surface area contributed by atoms with Gasteiger partial charge < -0.3 is 4.57 Å². The number of nitrogens with zero attached hydrogens (tertiary/aromatic N) is 3. The summed E-state index contributed by atoms with van der Waals surface area (Å²) in [6.45, 7) is 4.44. The molecule has 0 bridgehead atoms. The van der Waals surface area contributed by atoms with Crippen LogP contribution in [0.15, 0.2) is 29.3 Å². The van der Waals surface area contributed by atoms with Crippen molar-refractivity contribution < 1.29 is 8.42 Å². The van der Waals surface area contributed by atoms with Gasteiger partial charge in [0.05, 0.1) is 4.90 Å². The minimum Gasteiger partial charge on any atom is -0.332 e. The number of rotatable bonds is 6. The summed E-state index contributed by atoms with van der Waals surface area (Å²) in [6, 6.07) is 5.76. The number of sulfonamides is 1. The highest BCUT2D eigenvalue weighted by atomic mass is 32.2. The zero-order valence-corrected chi connectivity index (χ0v) is 18.1. The van der Waals surface area contributed by atoms with Crippen molar-refractivity contribution in [1.82, 2.24) is 13.9 Å². The molecule has 0 spiro atoms. The van der Waals surface area contributed by atoms with Crippen molar-refractivity contribution in [2.75, 3.05) is 13.1 Å². The molecule has 6 heteroatoms. The van der Waals surface area contributed by atoms with Gasteiger partial charge in [-0.1, -0.05) is 6.07 Å². The quantitative estimate of drug-likeness (QED) is 0.725. The Morgan fingerprint density at radius 3 is 2.72 bits per heavy atom. The molecular weight excluding hydrogens is 382 g/mol. The first-order valence-corrected chi connectivity index (χ1v) is 12.6. The summed E-state index contributed by atoms with van der Waals surface area (Å²) in [5.41, 5.74) is 3.76. The van der Waals surface area contributed by atoms with E-state index in [0.717, 1.165) is 56.8 Å². The number of fused-ring (bicyclic) bond motifs is 1. The standard InChI is InChI=1S/C23H31N3O2S/c1-17-14-24-23(26(17)16-18-7-8-18)12-19-4-3-11-25(15-19)29(27,28)22-10-9-20-5-2-6-21(20)13-22/h9-10,13-14,18-19H,2-8,11-12,15-16H2,1H3. The van der Waals surface area contributed by atoms with Gasteiger partial charge in [0, 0.05) is 37.9 Å². The molecule has 1 atom stereocenters. The zero-order valence-electron chi connectivity index (χ0n) is 17.3. The van der Waals surface area contributed by atoms with E-state index in [0.29, 0.717) is 23.9 Å². The third-order valence-corrected chi connectivity index (χ3v) is 8.80. The lowest BCUT2D eigenvalue weighted by atomic mass is 9.96. The monoisotopic (exact) mass is 413 g/mol. The van der Waals surface area contributed by atoms with E-state index in [1.165, 1.54) is 29.7 Å². The van der Waals surface area contributed by atoms with Gasteiger partial charge in [0.15, 0.2) is 0 Å². The van der Waals surface area contributed by atoms with Gasteiger partial charge in [-0.3, -0.25) is 0 Å². The summed E-state index contributed by atoms with van der Waals surface area (Å²) in [6.07, 6.45) is 10.7. The molecule has 2 aliphatic carbocycles. The molecule has 1 unspecified atom stereocenters. The number of hydrogen-bond donors (Lipinski definition) is 0. The molecule has 5 rings (SSSR count). The maximum absolute atomic E-state index is 13.3. The van der Waals surface area contributed by atoms with Crippen LogP contribution in [0.2, 0.25) is 0 Å². The lowest BCUT2D eigenvalue weighted by molar-refractivity contribution is 0.261. The van der Waals surface area contributed by atoms with Crippen LogP contribution in [0, 0.1) is 18.8 Å². The first kappa shape index (κ1) is 19.3. The maximum Gasteiger partial charge on any atom is 0.243 e. The molecule has 5 nitrogen and oxygen atoms in total. The van der Waals surface area contributed by atoms with Gasteiger partial charge in [-0.15, -0.1) is 0 Å². The highest BCUT2D eigenvalue weighted by Gasteiger charge is 2.32. The van der Waals surface area contributed by atoms with Gasteiger partial charge in [0.2, 0.25) is 10.0 Å². The predicted molar refractivity (Wildman–Crippen MR) is 113 cm³/mol. The lowest BCUT2D eigenvalue weighted by Crippen LogP contribution is -2.40. The summed E-state index contributed by atoms with van der Waals surface area (Å²) in [4.78, 5) is 5.15. The fraction of sp³-hybridized carbons (Fsp3) is 0.609. The summed E-state index contributed by atoms with van der Waals surface area (Å²) in [5, 5.41) is 0. The Kier molecular flexibility index (Phi) is 5.03. The molecule has 1 aliphatic heterocycles. The van der Waals surface area contributed by atoms with Gasteiger partial charge in [0.25, 0.3) is 0 Å². The molecular formula is C23H31N3O2S. The van der Waals surface area contributed by atoms with Crippen LogP contribution >= 0.6 is 0 Å². The number of hydrogen-bond acceptors (Lipinski definition) is 3. The van der Waals surface area contributed by atoms with Gasteiger partial charge in [-0.25, -0.2) is 13.4 Å². The van der Waals surface area contributed by atoms with Crippen molar-refractivity contribution in [1.29, 1.82) is 0 Å². The smallest absolute Gasteiger partial charge is 0.243 e. The molecule has 1 saturated carbocycles. The minimum atomic E-state index is -3.42. The second kappa shape index (κ2) is 7.55. The fourth-order valence-electron chi connectivity index (χ4n) is 5.01. The first-order valence-electron chi connectivity index (χ1n) is 11.1. The molecule has 2 fully saturated rings. The van der Waals surface area contributed by atoms with Gasteiger partial charge >= 0.3 is 0 Å². The highest BCUT2D eigenvalue weighted by molar-refractivity contribution is 7.89. The zero-order chi connectivity index (χ0) is 20.0. The topological polar surface area (TPSA) is 55.2 Å². The van der Waals surface area contributed by atoms with Gasteiger partial charge in [-0.2, -0.15) is 4.31 Å². The van der Waals surface area contributed by atoms with Crippen LogP contribution in [-0.4, -0.2) is 35.4 Å². The van der Waals surface area contributed by atoms with Crippen molar-refractivity contribution in [3.8, 4) is 0 Å². The van der Waals surface area contributed by atoms with Crippen LogP contribution in [0.25, 0.3) is 0 Å². The van der Waals surface area contributed by atoms with E-state index in [9.17, 15) is 8.42 Å². The van der Waals surface area contributed by atoms with Crippen LogP contribution < -0.4 is 0 Å². The Hall–Kier alpha value is -1.66. The molecule has 1 saturated heterocycles. The number of aryl methyl sites for hydroxylation is 3. The molecule has 2 heterocycles. The van der Waals surface area contributed by atoms with Crippen LogP contribution in [-0.2, 0) is 35.8 Å². The van der Waals surface area contributed by atoms with Crippen molar-refractivity contribution in [2.24, 2.45) is 11.8 Å². The molecule has 0 amide bonds. The van der Waals surface area contributed by atoms with Gasteiger partial charge in [0.1, 0.15) is 5.82 Å². The van der Waals surface area contributed by atoms with E-state index in [-0.39, 0.29) is 0 Å². The maximum atomic E-state index is 13.3. The third kappa shape index (κ3) is 3.89. The van der Waals surface area contributed by atoms with E-state index < -0.39 is 10.0 Å². The fourth-order valence-corrected chi connectivity index (χ4v) is 6.62. The van der Waals surface area contributed by atoms with Crippen molar-refractivity contribution >= 4 is 10.0 Å². The Morgan fingerprint density at radius 2 is 1.90 bits per heavy atom. The normalized spacial score (nSPS) is 22.7. The van der Waals surface area contributed by atoms with Crippen molar-refractivity contribution in [3.63, 3.8) is 0 Å². The van der Waals surface area contributed by atoms with Crippen molar-refractivity contribution in [3.05, 3.63) is 47.0 Å². The molecule has 156 valence electrons. The molecule has 0 radical (unpaired) electrons. The SMILES string of the molecule is Cc1cnc(CC2CCCN(S(=O)(=O)c3ccc4c(c3)CCC4)C2)n1CC1CC1. The van der Waals surface area contributed by atoms with Gasteiger partial charge in [-0.05, 0) is 87.0 Å². The summed E-state index contributed by atoms with van der Waals surface area (Å²) < 4.78 is 30.7. The first-order chi connectivity index (χ1) is 14.0. The Labute approximate surface area is 174 Å². The molecule has 1 aromatic heterocycles. The molecule has 3 aliphatic rings. The predicted octanol–water partition coefficient (Wildman–Crippen LogP) is 3.73. The Morgan fingerprint density at radius 1 is 1.07 bits per heavy atom. The summed E-state index contributed by atoms with van der Waals surface area (Å²) in [7, 11) is -3.42. The second-order valence-electron chi connectivity index (χ2n) is 9.23. The van der Waals surface area contributed by atoms with Crippen LogP contribution in [0.4, 0.5) is 0 Å². The largest absolute Gasteiger partial charge is 0.332 e. The minimum absolute atomic E-state index is 0.340. The number of benzene rings is 1. The third-order valence-electron chi connectivity index (χ3n) is 6.94. The summed E-state index contributed by atoms with van der Waals surface area (Å²) in [5.74, 6) is 2.29. The van der Waals surface area contributed by atoms with E-state index in [2.05, 4.69) is 16.5 Å². The van der Waals surface area contributed by atoms with E-state index in [4.69, 9.17) is 0 Å². The van der Waals surface area contributed by atoms with E-state index in [1.807, 2.05) is 24.4 Å². The molecule has 29 heavy (non-hydrogen) atoms. The van der Waals surface area contributed by atoms with Crippen LogP contribution in [0.5, 0.6) is 0 Å². The molecule has 1 aromatic carbocycles. The number of piperidine rings is 1. The number of aromatic nitrogens is 2. The lowest BCUT2D eigenvalue weighted by Gasteiger charge is -2.32. The van der Waals surface area contributed by atoms with E-state index in [1.54, 1.807) is 4.31 Å².